The number of nitrogen functional groups attached to an aromatic ring is 1. The first-order valence-electron chi connectivity index (χ1n) is 13.9. The first kappa shape index (κ1) is 39.7. The van der Waals surface area contributed by atoms with Crippen molar-refractivity contribution in [2.24, 2.45) is 22.2 Å². The summed E-state index contributed by atoms with van der Waals surface area (Å²) in [5.74, 6) is -0.267. The van der Waals surface area contributed by atoms with Crippen LogP contribution in [0.15, 0.2) is 70.6 Å². The summed E-state index contributed by atoms with van der Waals surface area (Å²) < 4.78 is 29.6. The van der Waals surface area contributed by atoms with Crippen LogP contribution in [0, 0.1) is 18.4 Å². The van der Waals surface area contributed by atoms with Gasteiger partial charge in [0.1, 0.15) is 11.4 Å². The summed E-state index contributed by atoms with van der Waals surface area (Å²) in [6, 6.07) is 16.3. The second kappa shape index (κ2) is 17.1. The van der Waals surface area contributed by atoms with E-state index in [1.54, 1.807) is 76.7 Å². The zero-order valence-electron chi connectivity index (χ0n) is 27.1. The Bertz CT molecular complexity index is 2130. The third-order valence-electron chi connectivity index (χ3n) is 6.22. The van der Waals surface area contributed by atoms with Crippen molar-refractivity contribution >= 4 is 84.3 Å². The van der Waals surface area contributed by atoms with Crippen molar-refractivity contribution in [2.45, 2.75) is 11.8 Å². The molecule has 11 N–H and O–H groups in total. The van der Waals surface area contributed by atoms with Gasteiger partial charge in [0.2, 0.25) is 0 Å². The third kappa shape index (κ3) is 11.3. The molecule has 0 saturated heterocycles. The third-order valence-corrected chi connectivity index (χ3v) is 7.68. The molecule has 5 aromatic rings. The number of benzene rings is 3. The lowest BCUT2D eigenvalue weighted by atomic mass is 10.2. The molecule has 49 heavy (non-hydrogen) atoms. The predicted molar refractivity (Wildman–Crippen MR) is 193 cm³/mol. The van der Waals surface area contributed by atoms with Crippen LogP contribution in [0.25, 0.3) is 21.8 Å². The number of nitrogens with one attached hydrogen (secondary N) is 2. The summed E-state index contributed by atoms with van der Waals surface area (Å²) in [5, 5.41) is 9.69. The van der Waals surface area contributed by atoms with Gasteiger partial charge in [0.15, 0.2) is 12.2 Å². The number of hydrogen-bond donors (Lipinski definition) is 7. The van der Waals surface area contributed by atoms with Gasteiger partial charge in [0.25, 0.3) is 21.9 Å². The summed E-state index contributed by atoms with van der Waals surface area (Å²) in [5.41, 5.74) is 25.0. The molecular weight excluding hydrogens is 695 g/mol. The molecule has 0 aliphatic carbocycles. The fourth-order valence-electron chi connectivity index (χ4n) is 4.04. The zero-order chi connectivity index (χ0) is 37.2. The smallest absolute Gasteiger partial charge is 0.294 e. The fourth-order valence-corrected chi connectivity index (χ4v) is 5.07. The Balaban J connectivity index is 0.000000252. The lowest BCUT2D eigenvalue weighted by molar-refractivity contribution is 0.0816. The first-order chi connectivity index (χ1) is 22.8. The highest BCUT2D eigenvalue weighted by molar-refractivity contribution is 7.85. The second-order valence-electron chi connectivity index (χ2n) is 10.6. The topological polar surface area (TPSA) is 267 Å². The lowest BCUT2D eigenvalue weighted by Gasteiger charge is -2.07. The van der Waals surface area contributed by atoms with E-state index in [1.807, 2.05) is 6.92 Å². The van der Waals surface area contributed by atoms with Gasteiger partial charge in [-0.05, 0) is 55.5 Å². The summed E-state index contributed by atoms with van der Waals surface area (Å²) in [6.07, 6.45) is 1.25. The zero-order valence-corrected chi connectivity index (χ0v) is 29.4. The average molecular weight is 732 g/mol. The summed E-state index contributed by atoms with van der Waals surface area (Å²) in [6.45, 7) is 1.84. The van der Waals surface area contributed by atoms with Crippen molar-refractivity contribution in [3.63, 3.8) is 0 Å². The normalized spacial score (nSPS) is 10.3. The average Bonchev–Trinajstić information content (AvgIpc) is 3.62. The highest BCUT2D eigenvalue weighted by Gasteiger charge is 2.14. The van der Waals surface area contributed by atoms with E-state index in [9.17, 15) is 18.0 Å². The minimum Gasteiger partial charge on any atom is -0.399 e. The fraction of sp³-hybridized carbons (Fsp3) is 0.161. The molecule has 0 saturated carbocycles. The van der Waals surface area contributed by atoms with Crippen LogP contribution in [0.2, 0.25) is 10.0 Å². The number of aromatic nitrogens is 2. The van der Waals surface area contributed by atoms with Gasteiger partial charge >= 0.3 is 0 Å². The number of carbonyl (C=O) groups is 2. The molecule has 0 spiro atoms. The van der Waals surface area contributed by atoms with Crippen LogP contribution in [0.1, 0.15) is 26.5 Å². The molecule has 0 atom stereocenters. The van der Waals surface area contributed by atoms with E-state index in [2.05, 4.69) is 20.7 Å². The van der Waals surface area contributed by atoms with Crippen molar-refractivity contribution in [1.82, 2.24) is 19.8 Å². The number of fused-ring (bicyclic) bond motifs is 2. The van der Waals surface area contributed by atoms with E-state index >= 15 is 0 Å². The van der Waals surface area contributed by atoms with E-state index < -0.39 is 10.1 Å². The van der Waals surface area contributed by atoms with E-state index in [4.69, 9.17) is 50.2 Å². The van der Waals surface area contributed by atoms with Crippen LogP contribution in [-0.4, -0.2) is 78.7 Å². The molecule has 0 fully saturated rings. The van der Waals surface area contributed by atoms with E-state index in [0.717, 1.165) is 21.9 Å². The monoisotopic (exact) mass is 730 g/mol. The van der Waals surface area contributed by atoms with Crippen LogP contribution in [0.4, 0.5) is 11.4 Å². The number of halogens is 2. The number of guanidine groups is 1. The van der Waals surface area contributed by atoms with Gasteiger partial charge in [-0.3, -0.25) is 14.1 Å². The molecular formula is C31H36Cl2N10O5S. The maximum absolute atomic E-state index is 11.9. The van der Waals surface area contributed by atoms with Gasteiger partial charge in [-0.15, -0.1) is 0 Å². The van der Waals surface area contributed by atoms with Crippen molar-refractivity contribution in [2.75, 3.05) is 33.9 Å². The maximum atomic E-state index is 11.9. The van der Waals surface area contributed by atoms with E-state index in [0.29, 0.717) is 38.3 Å². The Labute approximate surface area is 292 Å². The Hall–Kier alpha value is -5.47. The number of H-pyrrole nitrogens is 2. The minimum atomic E-state index is -4.02. The van der Waals surface area contributed by atoms with Crippen molar-refractivity contribution < 1.29 is 22.6 Å². The van der Waals surface area contributed by atoms with Crippen LogP contribution < -0.4 is 22.9 Å². The molecule has 18 heteroatoms. The molecule has 3 aromatic carbocycles. The summed E-state index contributed by atoms with van der Waals surface area (Å²) >= 11 is 12.2. The SMILES string of the molecule is CN(C)C(=O)c1cc2cc(N)cc(Cl)c2[nH]1.CN(C)C(=O)c1cc2cc(N=C(N)N)cc(Cl)c2[nH]1.Cc1ccc(S(=O)(=O)O)cc1.N#CN. The number of amides is 2. The molecule has 2 aromatic heterocycles. The number of nitriles is 1. The number of aromatic amines is 2. The minimum absolute atomic E-state index is 0.0458. The Morgan fingerprint density at radius 3 is 1.67 bits per heavy atom. The van der Waals surface area contributed by atoms with Crippen molar-refractivity contribution in [1.29, 1.82) is 5.26 Å². The predicted octanol–water partition coefficient (Wildman–Crippen LogP) is 4.20. The molecule has 5 rings (SSSR count). The summed E-state index contributed by atoms with van der Waals surface area (Å²) in [7, 11) is 2.74. The van der Waals surface area contributed by atoms with Gasteiger partial charge in [0.05, 0.1) is 31.7 Å². The number of hydrogen-bond acceptors (Lipinski definition) is 8. The Kier molecular flexibility index (Phi) is 13.8. The largest absolute Gasteiger partial charge is 0.399 e. The lowest BCUT2D eigenvalue weighted by Crippen LogP contribution is -2.21. The van der Waals surface area contributed by atoms with Crippen molar-refractivity contribution in [3.8, 4) is 6.19 Å². The molecule has 0 unspecified atom stereocenters. The second-order valence-corrected chi connectivity index (χ2v) is 12.8. The molecule has 15 nitrogen and oxygen atoms in total. The number of nitrogens with zero attached hydrogens (tertiary/aromatic N) is 4. The molecule has 260 valence electrons. The van der Waals surface area contributed by atoms with Gasteiger partial charge in [-0.1, -0.05) is 40.9 Å². The summed E-state index contributed by atoms with van der Waals surface area (Å²) in [4.78, 5) is 36.4. The molecule has 0 aliphatic rings. The van der Waals surface area contributed by atoms with Crippen LogP contribution in [0.3, 0.4) is 0 Å². The number of carbonyl (C=O) groups excluding carboxylic acids is 2. The Morgan fingerprint density at radius 1 is 0.837 bits per heavy atom. The van der Waals surface area contributed by atoms with Gasteiger partial charge < -0.3 is 42.7 Å². The van der Waals surface area contributed by atoms with Crippen LogP contribution in [0.5, 0.6) is 0 Å². The number of aryl methyl sites for hydroxylation is 1. The standard InChI is InChI=1S/C12H14ClN5O.C11H12ClN3O.C7H8O3S.CH2N2/c1-18(2)11(19)9-4-6-3-7(16-12(14)15)5-8(13)10(6)17-9;1-15(2)11(16)9-4-6-3-7(13)5-8(12)10(6)14-9;1-6-2-4-7(5-3-6)11(8,9)10;2-1-3/h3-5,17H,1-2H3,(H4,14,15,16);3-5,14H,13H2,1-2H3;2-5H,1H3,(H,8,9,10);2H2. The van der Waals surface area contributed by atoms with Gasteiger partial charge in [-0.25, -0.2) is 4.99 Å². The highest BCUT2D eigenvalue weighted by Crippen LogP contribution is 2.30. The molecule has 2 amide bonds. The quantitative estimate of drug-likeness (QED) is 0.0346. The molecule has 0 bridgehead atoms. The van der Waals surface area contributed by atoms with E-state index in [1.165, 1.54) is 28.1 Å². The first-order valence-corrected chi connectivity index (χ1v) is 16.0. The Morgan fingerprint density at radius 2 is 1.27 bits per heavy atom. The number of rotatable bonds is 4. The molecule has 2 heterocycles. The van der Waals surface area contributed by atoms with E-state index in [-0.39, 0.29) is 22.7 Å². The highest BCUT2D eigenvalue weighted by atomic mass is 35.5. The number of aliphatic imine (C=N–C) groups is 1. The van der Waals surface area contributed by atoms with Gasteiger partial charge in [-0.2, -0.15) is 13.7 Å². The molecule has 0 radical (unpaired) electrons. The number of nitrogens with two attached hydrogens (primary N) is 4. The molecule has 0 aliphatic heterocycles. The van der Waals surface area contributed by atoms with Gasteiger partial charge in [0, 0.05) is 44.7 Å². The maximum Gasteiger partial charge on any atom is 0.294 e. The van der Waals surface area contributed by atoms with Crippen LogP contribution in [-0.2, 0) is 10.1 Å². The number of anilines is 1. The van der Waals surface area contributed by atoms with Crippen molar-refractivity contribution in [3.05, 3.63) is 87.7 Å². The van der Waals surface area contributed by atoms with Crippen LogP contribution >= 0.6 is 23.2 Å².